The van der Waals surface area contributed by atoms with Gasteiger partial charge in [0.2, 0.25) is 0 Å². The van der Waals surface area contributed by atoms with E-state index in [1.54, 1.807) is 17.7 Å². The lowest BCUT2D eigenvalue weighted by atomic mass is 9.73. The van der Waals surface area contributed by atoms with Crippen LogP contribution in [0.4, 0.5) is 0 Å². The number of nitrogens with one attached hydrogen (secondary N) is 1. The number of hydrogen-bond acceptors (Lipinski definition) is 2. The molecule has 2 N–H and O–H groups in total. The fraction of sp³-hybridized carbons (Fsp3) is 0.724. The summed E-state index contributed by atoms with van der Waals surface area (Å²) >= 11 is 0. The molecule has 2 fully saturated rings. The normalized spacial score (nSPS) is 22.5. The van der Waals surface area contributed by atoms with Crippen LogP contribution in [0.25, 0.3) is 0 Å². The van der Waals surface area contributed by atoms with E-state index in [-0.39, 0.29) is 6.04 Å². The lowest BCUT2D eigenvalue weighted by Crippen LogP contribution is -2.42. The number of aliphatic hydroxyl groups excluding tert-OH is 1. The summed E-state index contributed by atoms with van der Waals surface area (Å²) in [5.74, 6) is 3.78. The van der Waals surface area contributed by atoms with Gasteiger partial charge in [0.1, 0.15) is 0 Å². The summed E-state index contributed by atoms with van der Waals surface area (Å²) in [7, 11) is 0. The molecule has 176 valence electrons. The first-order valence-electron chi connectivity index (χ1n) is 12.9. The summed E-state index contributed by atoms with van der Waals surface area (Å²) in [4.78, 5) is 0. The van der Waals surface area contributed by atoms with Gasteiger partial charge in [0.15, 0.2) is 0 Å². The Morgan fingerprint density at radius 1 is 1.13 bits per heavy atom. The van der Waals surface area contributed by atoms with Crippen LogP contribution in [0.15, 0.2) is 48.2 Å². The second kappa shape index (κ2) is 12.7. The molecule has 31 heavy (non-hydrogen) atoms. The molecule has 0 aromatic heterocycles. The zero-order valence-corrected chi connectivity index (χ0v) is 21.0. The van der Waals surface area contributed by atoms with E-state index in [9.17, 15) is 5.11 Å². The van der Waals surface area contributed by atoms with Gasteiger partial charge in [0, 0.05) is 5.70 Å². The second-order valence-electron chi connectivity index (χ2n) is 10.5. The Balaban J connectivity index is 2.12. The van der Waals surface area contributed by atoms with Crippen molar-refractivity contribution < 1.29 is 5.11 Å². The molecule has 0 radical (unpaired) electrons. The van der Waals surface area contributed by atoms with Crippen LogP contribution in [0.3, 0.4) is 0 Å². The minimum Gasteiger partial charge on any atom is -0.386 e. The molecule has 6 atom stereocenters. The van der Waals surface area contributed by atoms with Crippen molar-refractivity contribution >= 4 is 0 Å². The van der Waals surface area contributed by atoms with Crippen molar-refractivity contribution in [2.45, 2.75) is 105 Å². The fourth-order valence-electron chi connectivity index (χ4n) is 5.44. The number of aliphatic hydroxyl groups is 1. The average molecular weight is 428 g/mol. The first-order valence-corrected chi connectivity index (χ1v) is 12.9. The molecule has 2 nitrogen and oxygen atoms in total. The Hall–Kier alpha value is -1.28. The lowest BCUT2D eigenvalue weighted by molar-refractivity contribution is 0.166. The molecule has 0 amide bonds. The van der Waals surface area contributed by atoms with Crippen LogP contribution in [0, 0.1) is 29.6 Å². The maximum absolute atomic E-state index is 10.9. The van der Waals surface area contributed by atoms with Gasteiger partial charge in [0.25, 0.3) is 0 Å². The van der Waals surface area contributed by atoms with E-state index in [2.05, 4.69) is 53.1 Å². The van der Waals surface area contributed by atoms with Gasteiger partial charge < -0.3 is 10.4 Å². The summed E-state index contributed by atoms with van der Waals surface area (Å²) in [6.07, 6.45) is 16.6. The summed E-state index contributed by atoms with van der Waals surface area (Å²) in [5.41, 5.74) is 3.86. The highest BCUT2D eigenvalue weighted by Crippen LogP contribution is 2.48. The highest BCUT2D eigenvalue weighted by Gasteiger charge is 2.40. The van der Waals surface area contributed by atoms with Gasteiger partial charge >= 0.3 is 0 Å². The van der Waals surface area contributed by atoms with Crippen LogP contribution < -0.4 is 5.32 Å². The maximum atomic E-state index is 10.9. The molecule has 2 saturated carbocycles. The largest absolute Gasteiger partial charge is 0.386 e. The van der Waals surface area contributed by atoms with Crippen molar-refractivity contribution in [2.75, 3.05) is 0 Å². The highest BCUT2D eigenvalue weighted by molar-refractivity contribution is 5.28. The van der Waals surface area contributed by atoms with Gasteiger partial charge in [-0.15, -0.1) is 0 Å². The number of hydrogen-bond donors (Lipinski definition) is 2. The van der Waals surface area contributed by atoms with Gasteiger partial charge in [-0.1, -0.05) is 90.3 Å². The van der Waals surface area contributed by atoms with Crippen molar-refractivity contribution in [1.82, 2.24) is 5.32 Å². The van der Waals surface area contributed by atoms with E-state index in [1.165, 1.54) is 63.5 Å². The van der Waals surface area contributed by atoms with Crippen LogP contribution >= 0.6 is 0 Å². The predicted octanol–water partition coefficient (Wildman–Crippen LogP) is 7.58. The highest BCUT2D eigenvalue weighted by atomic mass is 16.3. The zero-order chi connectivity index (χ0) is 23.0. The van der Waals surface area contributed by atoms with Gasteiger partial charge in [-0.25, -0.2) is 0 Å². The smallest absolute Gasteiger partial charge is 0.0987 e. The van der Waals surface area contributed by atoms with E-state index in [4.69, 9.17) is 0 Å². The van der Waals surface area contributed by atoms with Crippen LogP contribution in [0.1, 0.15) is 92.4 Å². The topological polar surface area (TPSA) is 32.3 Å². The van der Waals surface area contributed by atoms with Crippen LogP contribution in [-0.4, -0.2) is 17.3 Å². The van der Waals surface area contributed by atoms with E-state index in [1.807, 2.05) is 6.08 Å². The lowest BCUT2D eigenvalue weighted by Gasteiger charge is -2.37. The van der Waals surface area contributed by atoms with Crippen molar-refractivity contribution in [2.24, 2.45) is 29.6 Å². The van der Waals surface area contributed by atoms with E-state index < -0.39 is 6.10 Å². The Kier molecular flexibility index (Phi) is 10.6. The molecule has 6 unspecified atom stereocenters. The quantitative estimate of drug-likeness (QED) is 0.264. The molecule has 0 aromatic rings. The molecule has 0 aliphatic heterocycles. The first-order chi connectivity index (χ1) is 14.8. The van der Waals surface area contributed by atoms with Crippen molar-refractivity contribution in [3.05, 3.63) is 48.2 Å². The third kappa shape index (κ3) is 7.38. The molecule has 2 aliphatic carbocycles. The van der Waals surface area contributed by atoms with Crippen LogP contribution in [-0.2, 0) is 0 Å². The maximum Gasteiger partial charge on any atom is 0.0987 e. The molecule has 2 aliphatic rings. The molecular formula is C29H49NO. The molecule has 0 bridgehead atoms. The van der Waals surface area contributed by atoms with E-state index in [0.29, 0.717) is 5.92 Å². The van der Waals surface area contributed by atoms with Gasteiger partial charge in [-0.3, -0.25) is 0 Å². The second-order valence-corrected chi connectivity index (χ2v) is 10.5. The van der Waals surface area contributed by atoms with E-state index in [0.717, 1.165) is 29.2 Å². The van der Waals surface area contributed by atoms with Crippen molar-refractivity contribution in [1.29, 1.82) is 0 Å². The fourth-order valence-corrected chi connectivity index (χ4v) is 5.44. The van der Waals surface area contributed by atoms with Gasteiger partial charge in [-0.05, 0) is 74.2 Å². The van der Waals surface area contributed by atoms with E-state index >= 15 is 0 Å². The SMILES string of the molecule is C=C/C=C(\C=C)C(O)C(C)NC(=C1CCC1)C(C)C(C(C)CCCC(C)CC)C1CC1. The Labute approximate surface area is 193 Å². The number of rotatable bonds is 15. The Morgan fingerprint density at radius 3 is 2.29 bits per heavy atom. The Bertz CT molecular complexity index is 635. The van der Waals surface area contributed by atoms with Crippen LogP contribution in [0.2, 0.25) is 0 Å². The minimum atomic E-state index is -0.578. The molecule has 0 heterocycles. The standard InChI is InChI=1S/C29H49NO/c1-8-13-24(10-3)29(31)23(7)30-28(26-16-12-17-26)22(6)27(25-18-19-25)21(5)15-11-14-20(4)9-2/h8,10,13,20-23,25,27,29-31H,1,3,9,11-12,14-19H2,2,4-7H3/b24-13+. The number of allylic oxidation sites excluding steroid dienone is 4. The predicted molar refractivity (Wildman–Crippen MR) is 136 cm³/mol. The minimum absolute atomic E-state index is 0.0460. The molecule has 2 heteroatoms. The van der Waals surface area contributed by atoms with Gasteiger partial charge in [0.05, 0.1) is 12.1 Å². The van der Waals surface area contributed by atoms with Crippen molar-refractivity contribution in [3.8, 4) is 0 Å². The summed E-state index contributed by atoms with van der Waals surface area (Å²) in [6.45, 7) is 19.4. The summed E-state index contributed by atoms with van der Waals surface area (Å²) < 4.78 is 0. The molecule has 0 saturated heterocycles. The first kappa shape index (κ1) is 26.0. The van der Waals surface area contributed by atoms with Gasteiger partial charge in [-0.2, -0.15) is 0 Å². The van der Waals surface area contributed by atoms with Crippen molar-refractivity contribution in [3.63, 3.8) is 0 Å². The third-order valence-electron chi connectivity index (χ3n) is 7.99. The molecule has 2 rings (SSSR count). The summed E-state index contributed by atoms with van der Waals surface area (Å²) in [5, 5.41) is 14.7. The molecule has 0 spiro atoms. The third-order valence-corrected chi connectivity index (χ3v) is 7.99. The van der Waals surface area contributed by atoms with Crippen LogP contribution in [0.5, 0.6) is 0 Å². The monoisotopic (exact) mass is 427 g/mol. The average Bonchev–Trinajstić information content (AvgIpc) is 3.54. The molecule has 0 aromatic carbocycles. The summed E-state index contributed by atoms with van der Waals surface area (Å²) in [6, 6.07) is -0.0460. The Morgan fingerprint density at radius 2 is 1.81 bits per heavy atom. The molecular weight excluding hydrogens is 378 g/mol. The zero-order valence-electron chi connectivity index (χ0n) is 21.0.